The van der Waals surface area contributed by atoms with Gasteiger partial charge in [-0.15, -0.1) is 0 Å². The van der Waals surface area contributed by atoms with E-state index in [4.69, 9.17) is 0 Å². The van der Waals surface area contributed by atoms with Crippen molar-refractivity contribution in [3.05, 3.63) is 42.7 Å². The van der Waals surface area contributed by atoms with Crippen LogP contribution in [0.4, 0.5) is 0 Å². The van der Waals surface area contributed by atoms with Crippen LogP contribution in [0.5, 0.6) is 0 Å². The summed E-state index contributed by atoms with van der Waals surface area (Å²) in [4.78, 5) is 8.90. The normalized spacial score (nSPS) is 13.8. The Kier molecular flexibility index (Phi) is 2.85. The van der Waals surface area contributed by atoms with E-state index in [-0.39, 0.29) is 11.6 Å². The molecule has 0 spiro atoms. The number of hydrogen-bond donors (Lipinski definition) is 0. The first-order valence-electron chi connectivity index (χ1n) is 6.80. The molecule has 0 saturated carbocycles. The SMILES string of the molecule is C[C@@H](c1ncnn1C(C)(C)C)n1cnc2ccccc21. The van der Waals surface area contributed by atoms with Gasteiger partial charge in [-0.2, -0.15) is 5.10 Å². The van der Waals surface area contributed by atoms with Gasteiger partial charge < -0.3 is 4.57 Å². The third kappa shape index (κ3) is 1.99. The first-order chi connectivity index (χ1) is 9.48. The molecular formula is C15H19N5. The maximum atomic E-state index is 4.45. The lowest BCUT2D eigenvalue weighted by Crippen LogP contribution is -2.27. The van der Waals surface area contributed by atoms with Crippen LogP contribution in [0.15, 0.2) is 36.9 Å². The molecule has 0 N–H and O–H groups in total. The van der Waals surface area contributed by atoms with Crippen molar-refractivity contribution in [2.75, 3.05) is 0 Å². The van der Waals surface area contributed by atoms with E-state index in [0.717, 1.165) is 16.9 Å². The van der Waals surface area contributed by atoms with E-state index in [0.29, 0.717) is 0 Å². The second-order valence-electron chi connectivity index (χ2n) is 6.02. The smallest absolute Gasteiger partial charge is 0.150 e. The van der Waals surface area contributed by atoms with Crippen molar-refractivity contribution >= 4 is 11.0 Å². The third-order valence-corrected chi connectivity index (χ3v) is 3.48. The molecule has 0 aliphatic rings. The molecule has 0 fully saturated rings. The van der Waals surface area contributed by atoms with Crippen LogP contribution in [0.25, 0.3) is 11.0 Å². The highest BCUT2D eigenvalue weighted by atomic mass is 15.4. The highest BCUT2D eigenvalue weighted by Gasteiger charge is 2.23. The molecule has 0 amide bonds. The standard InChI is InChI=1S/C15H19N5/c1-11(14-16-9-18-20(14)15(2,3)4)19-10-17-12-7-5-6-8-13(12)19/h5-11H,1-4H3/t11-/m0/s1. The zero-order valence-electron chi connectivity index (χ0n) is 12.3. The lowest BCUT2D eigenvalue weighted by molar-refractivity contribution is 0.330. The van der Waals surface area contributed by atoms with Crippen molar-refractivity contribution in [1.29, 1.82) is 0 Å². The van der Waals surface area contributed by atoms with E-state index in [9.17, 15) is 0 Å². The molecule has 0 radical (unpaired) electrons. The minimum Gasteiger partial charge on any atom is -0.320 e. The Labute approximate surface area is 118 Å². The van der Waals surface area contributed by atoms with E-state index in [1.54, 1.807) is 6.33 Å². The topological polar surface area (TPSA) is 48.5 Å². The van der Waals surface area contributed by atoms with Crippen molar-refractivity contribution in [2.24, 2.45) is 0 Å². The van der Waals surface area contributed by atoms with Gasteiger partial charge in [-0.3, -0.25) is 0 Å². The van der Waals surface area contributed by atoms with Crippen LogP contribution in [-0.2, 0) is 5.54 Å². The minimum atomic E-state index is -0.0868. The summed E-state index contributed by atoms with van der Waals surface area (Å²) in [7, 11) is 0. The summed E-state index contributed by atoms with van der Waals surface area (Å²) in [5.41, 5.74) is 2.03. The Bertz CT molecular complexity index is 732. The average Bonchev–Trinajstić information content (AvgIpc) is 3.04. The van der Waals surface area contributed by atoms with Gasteiger partial charge in [0.25, 0.3) is 0 Å². The van der Waals surface area contributed by atoms with Crippen LogP contribution in [-0.4, -0.2) is 24.3 Å². The van der Waals surface area contributed by atoms with E-state index in [1.807, 2.05) is 29.2 Å². The summed E-state index contributed by atoms with van der Waals surface area (Å²) in [6.45, 7) is 8.51. The molecule has 1 atom stereocenters. The lowest BCUT2D eigenvalue weighted by Gasteiger charge is -2.24. The van der Waals surface area contributed by atoms with Crippen LogP contribution >= 0.6 is 0 Å². The van der Waals surface area contributed by atoms with Crippen molar-refractivity contribution in [3.8, 4) is 0 Å². The summed E-state index contributed by atoms with van der Waals surface area (Å²) in [6, 6.07) is 8.22. The summed E-state index contributed by atoms with van der Waals surface area (Å²) >= 11 is 0. The van der Waals surface area contributed by atoms with E-state index >= 15 is 0 Å². The molecule has 3 aromatic rings. The van der Waals surface area contributed by atoms with Gasteiger partial charge in [0.05, 0.1) is 28.9 Å². The molecule has 20 heavy (non-hydrogen) atoms. The number of hydrogen-bond acceptors (Lipinski definition) is 3. The zero-order chi connectivity index (χ0) is 14.3. The predicted molar refractivity (Wildman–Crippen MR) is 78.6 cm³/mol. The first kappa shape index (κ1) is 12.8. The number of nitrogens with zero attached hydrogens (tertiary/aromatic N) is 5. The van der Waals surface area contributed by atoms with Crippen LogP contribution in [0, 0.1) is 0 Å². The van der Waals surface area contributed by atoms with Gasteiger partial charge in [0.1, 0.15) is 12.2 Å². The summed E-state index contributed by atoms with van der Waals surface area (Å²) in [6.07, 6.45) is 3.49. The predicted octanol–water partition coefficient (Wildman–Crippen LogP) is 2.99. The number of imidazole rings is 1. The number of benzene rings is 1. The van der Waals surface area contributed by atoms with Gasteiger partial charge in [0.2, 0.25) is 0 Å². The van der Waals surface area contributed by atoms with Crippen LogP contribution in [0.3, 0.4) is 0 Å². The highest BCUT2D eigenvalue weighted by molar-refractivity contribution is 5.75. The van der Waals surface area contributed by atoms with Crippen molar-refractivity contribution in [1.82, 2.24) is 24.3 Å². The highest BCUT2D eigenvalue weighted by Crippen LogP contribution is 2.24. The molecule has 0 aliphatic carbocycles. The number of fused-ring (bicyclic) bond motifs is 1. The van der Waals surface area contributed by atoms with Crippen LogP contribution in [0.2, 0.25) is 0 Å². The zero-order valence-corrected chi connectivity index (χ0v) is 12.3. The molecule has 2 heterocycles. The van der Waals surface area contributed by atoms with Crippen LogP contribution < -0.4 is 0 Å². The Morgan fingerprint density at radius 2 is 1.85 bits per heavy atom. The fraction of sp³-hybridized carbons (Fsp3) is 0.400. The molecule has 0 aliphatic heterocycles. The van der Waals surface area contributed by atoms with Gasteiger partial charge in [-0.25, -0.2) is 14.6 Å². The molecule has 104 valence electrons. The molecule has 2 aromatic heterocycles. The lowest BCUT2D eigenvalue weighted by atomic mass is 10.1. The molecule has 5 heteroatoms. The summed E-state index contributed by atoms with van der Waals surface area (Å²) in [5, 5.41) is 4.37. The largest absolute Gasteiger partial charge is 0.320 e. The Morgan fingerprint density at radius 1 is 1.10 bits per heavy atom. The molecule has 3 rings (SSSR count). The van der Waals surface area contributed by atoms with Crippen molar-refractivity contribution in [2.45, 2.75) is 39.3 Å². The Balaban J connectivity index is 2.10. The summed E-state index contributed by atoms with van der Waals surface area (Å²) < 4.78 is 4.12. The van der Waals surface area contributed by atoms with Crippen molar-refractivity contribution in [3.63, 3.8) is 0 Å². The fourth-order valence-corrected chi connectivity index (χ4v) is 2.46. The maximum absolute atomic E-state index is 4.45. The number of rotatable bonds is 2. The third-order valence-electron chi connectivity index (χ3n) is 3.48. The monoisotopic (exact) mass is 269 g/mol. The molecule has 0 bridgehead atoms. The quantitative estimate of drug-likeness (QED) is 0.718. The molecular weight excluding hydrogens is 250 g/mol. The first-order valence-corrected chi connectivity index (χ1v) is 6.80. The molecule has 0 saturated heterocycles. The van der Waals surface area contributed by atoms with E-state index < -0.39 is 0 Å². The second kappa shape index (κ2) is 4.44. The molecule has 0 unspecified atom stereocenters. The van der Waals surface area contributed by atoms with Crippen molar-refractivity contribution < 1.29 is 0 Å². The van der Waals surface area contributed by atoms with Gasteiger partial charge >= 0.3 is 0 Å². The molecule has 5 nitrogen and oxygen atoms in total. The Morgan fingerprint density at radius 3 is 2.60 bits per heavy atom. The second-order valence-corrected chi connectivity index (χ2v) is 6.02. The van der Waals surface area contributed by atoms with Gasteiger partial charge in [0.15, 0.2) is 0 Å². The number of para-hydroxylation sites is 2. The van der Waals surface area contributed by atoms with Gasteiger partial charge in [0, 0.05) is 0 Å². The van der Waals surface area contributed by atoms with Gasteiger partial charge in [-0.1, -0.05) is 12.1 Å². The summed E-state index contributed by atoms with van der Waals surface area (Å²) in [5.74, 6) is 0.945. The average molecular weight is 269 g/mol. The fourth-order valence-electron chi connectivity index (χ4n) is 2.46. The number of aromatic nitrogens is 5. The van der Waals surface area contributed by atoms with E-state index in [2.05, 4.69) is 53.4 Å². The van der Waals surface area contributed by atoms with Crippen LogP contribution in [0.1, 0.15) is 39.6 Å². The Hall–Kier alpha value is -2.17. The van der Waals surface area contributed by atoms with Gasteiger partial charge in [-0.05, 0) is 39.8 Å². The molecule has 1 aromatic carbocycles. The van der Waals surface area contributed by atoms with E-state index in [1.165, 1.54) is 0 Å². The maximum Gasteiger partial charge on any atom is 0.150 e. The minimum absolute atomic E-state index is 0.0868.